The van der Waals surface area contributed by atoms with Gasteiger partial charge in [0.2, 0.25) is 0 Å². The van der Waals surface area contributed by atoms with Gasteiger partial charge in [0.25, 0.3) is 0 Å². The molecule has 110 valence electrons. The molecule has 0 unspecified atom stereocenters. The molecule has 5 heteroatoms. The Kier molecular flexibility index (Phi) is 5.35. The highest BCUT2D eigenvalue weighted by Crippen LogP contribution is 2.10. The standard InChI is InChI=1S/C16H20N4O/c1-13-10-19-20(11-13)12-14(2)18-7-8-21-16-5-3-15(9-17)4-6-16/h3-6,10-11,14,18H,7-8,12H2,1-2H3/t14-/m0/s1. The third-order valence-corrected chi connectivity index (χ3v) is 3.07. The molecule has 0 spiro atoms. The van der Waals surface area contributed by atoms with Crippen LogP contribution in [0, 0.1) is 18.3 Å². The molecule has 5 nitrogen and oxygen atoms in total. The van der Waals surface area contributed by atoms with Crippen LogP contribution in [-0.4, -0.2) is 29.0 Å². The lowest BCUT2D eigenvalue weighted by Gasteiger charge is -2.14. The number of benzene rings is 1. The summed E-state index contributed by atoms with van der Waals surface area (Å²) < 4.78 is 7.55. The molecule has 0 amide bonds. The summed E-state index contributed by atoms with van der Waals surface area (Å²) in [6.45, 7) is 6.35. The van der Waals surface area contributed by atoms with E-state index in [1.165, 1.54) is 5.56 Å². The van der Waals surface area contributed by atoms with Crippen LogP contribution in [0.15, 0.2) is 36.7 Å². The van der Waals surface area contributed by atoms with Gasteiger partial charge in [-0.25, -0.2) is 0 Å². The minimum atomic E-state index is 0.328. The van der Waals surface area contributed by atoms with Crippen molar-refractivity contribution >= 4 is 0 Å². The van der Waals surface area contributed by atoms with Gasteiger partial charge < -0.3 is 10.1 Å². The molecule has 0 saturated carbocycles. The van der Waals surface area contributed by atoms with E-state index < -0.39 is 0 Å². The van der Waals surface area contributed by atoms with Gasteiger partial charge in [0, 0.05) is 18.8 Å². The molecule has 1 aromatic heterocycles. The van der Waals surface area contributed by atoms with Gasteiger partial charge in [0.15, 0.2) is 0 Å². The quantitative estimate of drug-likeness (QED) is 0.791. The first-order chi connectivity index (χ1) is 10.2. The van der Waals surface area contributed by atoms with E-state index in [4.69, 9.17) is 10.00 Å². The van der Waals surface area contributed by atoms with Crippen LogP contribution in [0.2, 0.25) is 0 Å². The molecule has 0 bridgehead atoms. The van der Waals surface area contributed by atoms with Crippen molar-refractivity contribution in [1.29, 1.82) is 5.26 Å². The predicted molar refractivity (Wildman–Crippen MR) is 81.1 cm³/mol. The molecule has 0 aliphatic rings. The van der Waals surface area contributed by atoms with Gasteiger partial charge in [-0.05, 0) is 43.7 Å². The fourth-order valence-corrected chi connectivity index (χ4v) is 2.01. The fourth-order valence-electron chi connectivity index (χ4n) is 2.01. The molecular formula is C16H20N4O. The minimum absolute atomic E-state index is 0.328. The maximum absolute atomic E-state index is 8.72. The topological polar surface area (TPSA) is 62.9 Å². The number of ether oxygens (including phenoxy) is 1. The number of aryl methyl sites for hydroxylation is 1. The second-order valence-corrected chi connectivity index (χ2v) is 5.08. The largest absolute Gasteiger partial charge is 0.492 e. The van der Waals surface area contributed by atoms with Crippen molar-refractivity contribution in [2.45, 2.75) is 26.4 Å². The number of rotatable bonds is 7. The van der Waals surface area contributed by atoms with E-state index in [0.29, 0.717) is 18.2 Å². The van der Waals surface area contributed by atoms with Gasteiger partial charge in [0.05, 0.1) is 24.4 Å². The second kappa shape index (κ2) is 7.46. The van der Waals surface area contributed by atoms with Crippen molar-refractivity contribution in [3.8, 4) is 11.8 Å². The average Bonchev–Trinajstić information content (AvgIpc) is 2.89. The van der Waals surface area contributed by atoms with Gasteiger partial charge in [0.1, 0.15) is 12.4 Å². The molecule has 2 rings (SSSR count). The van der Waals surface area contributed by atoms with Crippen LogP contribution >= 0.6 is 0 Å². The second-order valence-electron chi connectivity index (χ2n) is 5.08. The first-order valence-electron chi connectivity index (χ1n) is 7.03. The molecule has 1 N–H and O–H groups in total. The first kappa shape index (κ1) is 15.1. The molecule has 0 aliphatic carbocycles. The van der Waals surface area contributed by atoms with Crippen LogP contribution in [-0.2, 0) is 6.54 Å². The maximum atomic E-state index is 8.72. The molecule has 2 aromatic rings. The molecule has 1 heterocycles. The zero-order chi connectivity index (χ0) is 15.1. The summed E-state index contributed by atoms with van der Waals surface area (Å²) in [5.74, 6) is 0.783. The summed E-state index contributed by atoms with van der Waals surface area (Å²) in [5, 5.41) is 16.4. The third kappa shape index (κ3) is 4.93. The Bertz CT molecular complexity index is 597. The van der Waals surface area contributed by atoms with Crippen LogP contribution in [0.25, 0.3) is 0 Å². The molecule has 0 radical (unpaired) electrons. The molecule has 21 heavy (non-hydrogen) atoms. The van der Waals surface area contributed by atoms with E-state index in [9.17, 15) is 0 Å². The van der Waals surface area contributed by atoms with Crippen LogP contribution < -0.4 is 10.1 Å². The molecule has 0 aliphatic heterocycles. The Morgan fingerprint density at radius 2 is 2.14 bits per heavy atom. The maximum Gasteiger partial charge on any atom is 0.119 e. The van der Waals surface area contributed by atoms with Crippen molar-refractivity contribution in [1.82, 2.24) is 15.1 Å². The van der Waals surface area contributed by atoms with Crippen LogP contribution in [0.5, 0.6) is 5.75 Å². The van der Waals surface area contributed by atoms with Crippen molar-refractivity contribution in [2.24, 2.45) is 0 Å². The van der Waals surface area contributed by atoms with E-state index in [1.54, 1.807) is 12.1 Å². The molecule has 1 aromatic carbocycles. The highest BCUT2D eigenvalue weighted by Gasteiger charge is 2.03. The summed E-state index contributed by atoms with van der Waals surface area (Å²) in [6.07, 6.45) is 3.89. The molecular weight excluding hydrogens is 264 g/mol. The van der Waals surface area contributed by atoms with Gasteiger partial charge in [-0.15, -0.1) is 0 Å². The molecule has 0 saturated heterocycles. The Morgan fingerprint density at radius 3 is 2.76 bits per heavy atom. The van der Waals surface area contributed by atoms with Crippen LogP contribution in [0.1, 0.15) is 18.1 Å². The lowest BCUT2D eigenvalue weighted by atomic mass is 10.2. The molecule has 0 fully saturated rings. The number of hydrogen-bond acceptors (Lipinski definition) is 4. The number of nitrogens with zero attached hydrogens (tertiary/aromatic N) is 3. The summed E-state index contributed by atoms with van der Waals surface area (Å²) >= 11 is 0. The van der Waals surface area contributed by atoms with E-state index in [2.05, 4.69) is 23.4 Å². The summed E-state index contributed by atoms with van der Waals surface area (Å²) in [6, 6.07) is 9.55. The fraction of sp³-hybridized carbons (Fsp3) is 0.375. The smallest absolute Gasteiger partial charge is 0.119 e. The van der Waals surface area contributed by atoms with Gasteiger partial charge in [-0.1, -0.05) is 0 Å². The van der Waals surface area contributed by atoms with Crippen molar-refractivity contribution in [3.05, 3.63) is 47.8 Å². The average molecular weight is 284 g/mol. The zero-order valence-electron chi connectivity index (χ0n) is 12.4. The van der Waals surface area contributed by atoms with Crippen molar-refractivity contribution < 1.29 is 4.74 Å². The third-order valence-electron chi connectivity index (χ3n) is 3.07. The van der Waals surface area contributed by atoms with E-state index in [-0.39, 0.29) is 0 Å². The Labute approximate surface area is 125 Å². The van der Waals surface area contributed by atoms with E-state index in [1.807, 2.05) is 36.1 Å². The minimum Gasteiger partial charge on any atom is -0.492 e. The predicted octanol–water partition coefficient (Wildman–Crippen LogP) is 2.12. The van der Waals surface area contributed by atoms with Gasteiger partial charge in [-0.2, -0.15) is 10.4 Å². The summed E-state index contributed by atoms with van der Waals surface area (Å²) in [5.41, 5.74) is 1.81. The Morgan fingerprint density at radius 1 is 1.38 bits per heavy atom. The monoisotopic (exact) mass is 284 g/mol. The lowest BCUT2D eigenvalue weighted by Crippen LogP contribution is -2.33. The van der Waals surface area contributed by atoms with Crippen LogP contribution in [0.4, 0.5) is 0 Å². The lowest BCUT2D eigenvalue weighted by molar-refractivity contribution is 0.301. The summed E-state index contributed by atoms with van der Waals surface area (Å²) in [4.78, 5) is 0. The summed E-state index contributed by atoms with van der Waals surface area (Å²) in [7, 11) is 0. The first-order valence-corrected chi connectivity index (χ1v) is 7.03. The number of hydrogen-bond donors (Lipinski definition) is 1. The van der Waals surface area contributed by atoms with E-state index in [0.717, 1.165) is 18.8 Å². The highest BCUT2D eigenvalue weighted by molar-refractivity contribution is 5.34. The van der Waals surface area contributed by atoms with Gasteiger partial charge >= 0.3 is 0 Å². The SMILES string of the molecule is Cc1cnn(C[C@H](C)NCCOc2ccc(C#N)cc2)c1. The van der Waals surface area contributed by atoms with Crippen molar-refractivity contribution in [2.75, 3.05) is 13.2 Å². The van der Waals surface area contributed by atoms with Crippen molar-refractivity contribution in [3.63, 3.8) is 0 Å². The Hall–Kier alpha value is -2.32. The highest BCUT2D eigenvalue weighted by atomic mass is 16.5. The number of nitriles is 1. The molecule has 1 atom stereocenters. The number of aromatic nitrogens is 2. The van der Waals surface area contributed by atoms with E-state index >= 15 is 0 Å². The zero-order valence-corrected chi connectivity index (χ0v) is 12.4. The van der Waals surface area contributed by atoms with Crippen LogP contribution in [0.3, 0.4) is 0 Å². The Balaban J connectivity index is 1.65. The number of nitrogens with one attached hydrogen (secondary N) is 1. The van der Waals surface area contributed by atoms with Gasteiger partial charge in [-0.3, -0.25) is 4.68 Å². The normalized spacial score (nSPS) is 11.9.